The van der Waals surface area contributed by atoms with Crippen molar-refractivity contribution in [1.82, 2.24) is 9.55 Å². The van der Waals surface area contributed by atoms with Gasteiger partial charge in [-0.3, -0.25) is 0 Å². The fourth-order valence-corrected chi connectivity index (χ4v) is 5.27. The molecule has 1 fully saturated rings. The fourth-order valence-electron chi connectivity index (χ4n) is 5.27. The number of esters is 1. The summed E-state index contributed by atoms with van der Waals surface area (Å²) in [7, 11) is 5.47. The molecule has 4 rings (SSSR count). The molecule has 2 aromatic carbocycles. The summed E-state index contributed by atoms with van der Waals surface area (Å²) in [6.45, 7) is 7.06. The van der Waals surface area contributed by atoms with E-state index in [1.165, 1.54) is 13.5 Å². The van der Waals surface area contributed by atoms with Crippen molar-refractivity contribution in [3.63, 3.8) is 0 Å². The minimum absolute atomic E-state index is 0.273. The lowest BCUT2D eigenvalue weighted by atomic mass is 9.70. The van der Waals surface area contributed by atoms with Crippen molar-refractivity contribution in [2.24, 2.45) is 11.3 Å². The lowest BCUT2D eigenvalue weighted by Gasteiger charge is -2.40. The van der Waals surface area contributed by atoms with Crippen molar-refractivity contribution in [3.8, 4) is 0 Å². The summed E-state index contributed by atoms with van der Waals surface area (Å²) in [6.07, 6.45) is 3.44. The van der Waals surface area contributed by atoms with Crippen LogP contribution in [0.4, 0.5) is 17.3 Å². The highest BCUT2D eigenvalue weighted by Crippen LogP contribution is 2.46. The van der Waals surface area contributed by atoms with Gasteiger partial charge in [-0.15, -0.1) is 0 Å². The number of methoxy groups -OCH3 is 1. The summed E-state index contributed by atoms with van der Waals surface area (Å²) >= 11 is 0. The van der Waals surface area contributed by atoms with E-state index in [-0.39, 0.29) is 11.4 Å². The molecule has 2 atom stereocenters. The summed E-state index contributed by atoms with van der Waals surface area (Å²) < 4.78 is 7.25. The predicted molar refractivity (Wildman–Crippen MR) is 131 cm³/mol. The van der Waals surface area contributed by atoms with Gasteiger partial charge in [0.25, 0.3) is 0 Å². The van der Waals surface area contributed by atoms with Gasteiger partial charge in [0.05, 0.1) is 23.7 Å². The smallest absolute Gasteiger partial charge is 0.337 e. The summed E-state index contributed by atoms with van der Waals surface area (Å²) in [5.74, 6) is 1.11. The van der Waals surface area contributed by atoms with Crippen molar-refractivity contribution in [2.75, 3.05) is 31.4 Å². The van der Waals surface area contributed by atoms with E-state index in [0.717, 1.165) is 41.2 Å². The first-order chi connectivity index (χ1) is 15.2. The Morgan fingerprint density at radius 3 is 2.50 bits per heavy atom. The third-order valence-corrected chi connectivity index (χ3v) is 6.48. The zero-order chi connectivity index (χ0) is 23.0. The van der Waals surface area contributed by atoms with E-state index in [9.17, 15) is 4.79 Å². The highest BCUT2D eigenvalue weighted by molar-refractivity contribution is 5.94. The van der Waals surface area contributed by atoms with Gasteiger partial charge >= 0.3 is 5.97 Å². The predicted octanol–water partition coefficient (Wildman–Crippen LogP) is 6.02. The molecule has 1 aliphatic carbocycles. The molecule has 3 aromatic rings. The van der Waals surface area contributed by atoms with Crippen LogP contribution in [-0.4, -0.2) is 36.7 Å². The number of aromatic nitrogens is 2. The number of hydrogen-bond donors (Lipinski definition) is 1. The van der Waals surface area contributed by atoms with Crippen molar-refractivity contribution in [3.05, 3.63) is 48.0 Å². The summed E-state index contributed by atoms with van der Waals surface area (Å²) in [4.78, 5) is 19.1. The van der Waals surface area contributed by atoms with Crippen LogP contribution in [0, 0.1) is 11.3 Å². The van der Waals surface area contributed by atoms with E-state index in [1.807, 2.05) is 32.3 Å². The van der Waals surface area contributed by atoms with Gasteiger partial charge in [0.2, 0.25) is 5.95 Å². The second-order valence-electron chi connectivity index (χ2n) is 10.1. The molecule has 1 aromatic heterocycles. The number of fused-ring (bicyclic) bond motifs is 1. The van der Waals surface area contributed by atoms with Gasteiger partial charge in [0.15, 0.2) is 0 Å². The number of nitrogens with one attached hydrogen (secondary N) is 1. The lowest BCUT2D eigenvalue weighted by molar-refractivity contribution is 0.0601. The number of rotatable bonds is 5. The number of hydrogen-bond acceptors (Lipinski definition) is 5. The molecular formula is C26H34N4O2. The Kier molecular flexibility index (Phi) is 5.89. The number of anilines is 3. The highest BCUT2D eigenvalue weighted by Gasteiger charge is 2.34. The Morgan fingerprint density at radius 1 is 1.16 bits per heavy atom. The van der Waals surface area contributed by atoms with Crippen molar-refractivity contribution < 1.29 is 9.53 Å². The maximum atomic E-state index is 12.1. The van der Waals surface area contributed by atoms with Crippen molar-refractivity contribution in [2.45, 2.75) is 46.1 Å². The van der Waals surface area contributed by atoms with Crippen LogP contribution in [0.3, 0.4) is 0 Å². The molecule has 1 saturated carbocycles. The zero-order valence-corrected chi connectivity index (χ0v) is 20.0. The maximum absolute atomic E-state index is 12.1. The molecule has 1 heterocycles. The van der Waals surface area contributed by atoms with Gasteiger partial charge in [-0.05, 0) is 73.1 Å². The largest absolute Gasteiger partial charge is 0.465 e. The molecule has 0 bridgehead atoms. The Labute approximate surface area is 190 Å². The molecule has 6 nitrogen and oxygen atoms in total. The fraction of sp³-hybridized carbons (Fsp3) is 0.462. The van der Waals surface area contributed by atoms with Crippen LogP contribution in [0.2, 0.25) is 0 Å². The van der Waals surface area contributed by atoms with Crippen molar-refractivity contribution in [1.29, 1.82) is 0 Å². The Balaban J connectivity index is 1.78. The molecule has 0 saturated heterocycles. The van der Waals surface area contributed by atoms with E-state index >= 15 is 0 Å². The molecular weight excluding hydrogens is 400 g/mol. The van der Waals surface area contributed by atoms with Crippen LogP contribution < -0.4 is 10.2 Å². The van der Waals surface area contributed by atoms with Crippen LogP contribution in [0.5, 0.6) is 0 Å². The third kappa shape index (κ3) is 4.45. The molecule has 6 heteroatoms. The van der Waals surface area contributed by atoms with Crippen LogP contribution >= 0.6 is 0 Å². The van der Waals surface area contributed by atoms with Crippen LogP contribution in [0.25, 0.3) is 11.0 Å². The molecule has 170 valence electrons. The Hall–Kier alpha value is -3.02. The third-order valence-electron chi connectivity index (χ3n) is 6.48. The van der Waals surface area contributed by atoms with Gasteiger partial charge in [0, 0.05) is 31.5 Å². The van der Waals surface area contributed by atoms with Gasteiger partial charge in [-0.2, -0.15) is 0 Å². The number of carbonyl (C=O) groups excluding carboxylic acids is 1. The average molecular weight is 435 g/mol. The van der Waals surface area contributed by atoms with Crippen LogP contribution in [0.15, 0.2) is 42.5 Å². The molecule has 32 heavy (non-hydrogen) atoms. The van der Waals surface area contributed by atoms with E-state index < -0.39 is 0 Å². The van der Waals surface area contributed by atoms with Crippen LogP contribution in [-0.2, 0) is 4.74 Å². The minimum Gasteiger partial charge on any atom is -0.465 e. The number of benzene rings is 2. The Morgan fingerprint density at radius 2 is 1.88 bits per heavy atom. The second-order valence-corrected chi connectivity index (χ2v) is 10.1. The average Bonchev–Trinajstić information content (AvgIpc) is 3.09. The van der Waals surface area contributed by atoms with E-state index in [1.54, 1.807) is 0 Å². The molecule has 1 aliphatic rings. The first-order valence-electron chi connectivity index (χ1n) is 11.3. The number of nitrogens with zero attached hydrogens (tertiary/aromatic N) is 3. The monoisotopic (exact) mass is 434 g/mol. The molecule has 0 aliphatic heterocycles. The van der Waals surface area contributed by atoms with Gasteiger partial charge in [-0.25, -0.2) is 9.78 Å². The highest BCUT2D eigenvalue weighted by atomic mass is 16.5. The van der Waals surface area contributed by atoms with E-state index in [2.05, 4.69) is 59.8 Å². The normalized spacial score (nSPS) is 20.2. The van der Waals surface area contributed by atoms with Crippen molar-refractivity contribution >= 4 is 34.3 Å². The Bertz CT molecular complexity index is 1110. The second kappa shape index (κ2) is 8.49. The number of carbonyl (C=O) groups is 1. The van der Waals surface area contributed by atoms with Gasteiger partial charge < -0.3 is 19.5 Å². The maximum Gasteiger partial charge on any atom is 0.337 e. The van der Waals surface area contributed by atoms with E-state index in [0.29, 0.717) is 17.5 Å². The van der Waals surface area contributed by atoms with Crippen LogP contribution in [0.1, 0.15) is 56.4 Å². The topological polar surface area (TPSA) is 59.4 Å². The molecule has 2 unspecified atom stereocenters. The van der Waals surface area contributed by atoms with E-state index in [4.69, 9.17) is 9.72 Å². The lowest BCUT2D eigenvalue weighted by Crippen LogP contribution is -2.29. The standard InChI is InChI=1S/C26H34N4O2/c1-17-13-21(16-26(2,3)15-17)30-23-12-7-18(24(31)32-6)14-22(23)28-25(30)27-19-8-10-20(11-9-19)29(4)5/h7-12,14,17,21H,13,15-16H2,1-6H3,(H,27,28). The van der Waals surface area contributed by atoms with Gasteiger partial charge in [-0.1, -0.05) is 20.8 Å². The summed E-state index contributed by atoms with van der Waals surface area (Å²) in [6, 6.07) is 14.3. The number of imidazole rings is 1. The molecule has 0 amide bonds. The quantitative estimate of drug-likeness (QED) is 0.498. The minimum atomic E-state index is -0.345. The first kappa shape index (κ1) is 22.2. The first-order valence-corrected chi connectivity index (χ1v) is 11.3. The zero-order valence-electron chi connectivity index (χ0n) is 20.0. The SMILES string of the molecule is COC(=O)c1ccc2c(c1)nc(Nc1ccc(N(C)C)cc1)n2C1CC(C)CC(C)(C)C1. The molecule has 1 N–H and O–H groups in total. The summed E-state index contributed by atoms with van der Waals surface area (Å²) in [5, 5.41) is 3.55. The summed E-state index contributed by atoms with van der Waals surface area (Å²) in [5.41, 5.74) is 4.77. The molecule has 0 spiro atoms. The number of ether oxygens (including phenoxy) is 1. The van der Waals surface area contributed by atoms with Gasteiger partial charge in [0.1, 0.15) is 0 Å². The molecule has 0 radical (unpaired) electrons.